The van der Waals surface area contributed by atoms with Crippen LogP contribution in [0.15, 0.2) is 54.7 Å². The lowest BCUT2D eigenvalue weighted by Gasteiger charge is -2.46. The number of aromatic nitrogens is 1. The molecule has 3 rings (SSSR count). The molecule has 0 spiro atoms. The van der Waals surface area contributed by atoms with Gasteiger partial charge in [-0.1, -0.05) is 36.4 Å². The third kappa shape index (κ3) is 4.61. The molecular formula is C24H33N3O. The highest BCUT2D eigenvalue weighted by molar-refractivity contribution is 5.73. The van der Waals surface area contributed by atoms with Gasteiger partial charge in [-0.3, -0.25) is 14.7 Å². The number of nitrogens with zero attached hydrogens (tertiary/aromatic N) is 3. The van der Waals surface area contributed by atoms with Crippen LogP contribution >= 0.6 is 0 Å². The highest BCUT2D eigenvalue weighted by Gasteiger charge is 2.41. The molecule has 1 aromatic heterocycles. The predicted octanol–water partition coefficient (Wildman–Crippen LogP) is 4.26. The van der Waals surface area contributed by atoms with Gasteiger partial charge in [-0.05, 0) is 70.3 Å². The number of rotatable bonds is 7. The second kappa shape index (κ2) is 9.33. The molecule has 0 bridgehead atoms. The molecule has 2 aromatic rings. The summed E-state index contributed by atoms with van der Waals surface area (Å²) >= 11 is 0. The first-order valence-electron chi connectivity index (χ1n) is 10.4. The van der Waals surface area contributed by atoms with Crippen LogP contribution in [0.25, 0.3) is 0 Å². The van der Waals surface area contributed by atoms with Crippen molar-refractivity contribution in [1.82, 2.24) is 14.8 Å². The molecule has 1 saturated carbocycles. The van der Waals surface area contributed by atoms with Crippen molar-refractivity contribution in [2.24, 2.45) is 0 Å². The summed E-state index contributed by atoms with van der Waals surface area (Å²) in [5.74, 6) is 0.202. The van der Waals surface area contributed by atoms with E-state index >= 15 is 0 Å². The van der Waals surface area contributed by atoms with Crippen molar-refractivity contribution >= 4 is 5.91 Å². The molecule has 1 aliphatic carbocycles. The average molecular weight is 380 g/mol. The summed E-state index contributed by atoms with van der Waals surface area (Å²) in [6, 6.07) is 17.1. The van der Waals surface area contributed by atoms with E-state index in [1.165, 1.54) is 5.56 Å². The van der Waals surface area contributed by atoms with E-state index in [1.807, 2.05) is 18.3 Å². The fourth-order valence-corrected chi connectivity index (χ4v) is 4.66. The van der Waals surface area contributed by atoms with E-state index in [4.69, 9.17) is 0 Å². The Bertz CT molecular complexity index is 737. The summed E-state index contributed by atoms with van der Waals surface area (Å²) in [6.07, 6.45) is 8.04. The maximum absolute atomic E-state index is 12.4. The minimum Gasteiger partial charge on any atom is -0.340 e. The third-order valence-corrected chi connectivity index (χ3v) is 6.33. The number of benzene rings is 1. The zero-order valence-electron chi connectivity index (χ0n) is 17.5. The van der Waals surface area contributed by atoms with E-state index in [9.17, 15) is 4.79 Å². The summed E-state index contributed by atoms with van der Waals surface area (Å²) in [5, 5.41) is 0. The molecule has 0 atom stereocenters. The largest absolute Gasteiger partial charge is 0.340 e. The van der Waals surface area contributed by atoms with Gasteiger partial charge in [0, 0.05) is 25.7 Å². The Morgan fingerprint density at radius 2 is 1.75 bits per heavy atom. The van der Waals surface area contributed by atoms with Crippen LogP contribution in [0.2, 0.25) is 0 Å². The van der Waals surface area contributed by atoms with Crippen LogP contribution in [0.5, 0.6) is 0 Å². The van der Waals surface area contributed by atoms with Crippen LogP contribution in [0.1, 0.15) is 50.3 Å². The lowest BCUT2D eigenvalue weighted by atomic mass is 9.75. The van der Waals surface area contributed by atoms with Gasteiger partial charge in [0.15, 0.2) is 0 Å². The van der Waals surface area contributed by atoms with Crippen LogP contribution in [0.4, 0.5) is 0 Å². The van der Waals surface area contributed by atoms with Gasteiger partial charge in [0.25, 0.3) is 0 Å². The summed E-state index contributed by atoms with van der Waals surface area (Å²) < 4.78 is 0. The molecule has 150 valence electrons. The summed E-state index contributed by atoms with van der Waals surface area (Å²) in [5.41, 5.74) is 2.47. The van der Waals surface area contributed by atoms with Crippen LogP contribution in [-0.2, 0) is 16.8 Å². The molecule has 0 unspecified atom stereocenters. The number of hydrogen-bond donors (Lipinski definition) is 0. The van der Waals surface area contributed by atoms with Crippen LogP contribution in [-0.4, -0.2) is 47.4 Å². The van der Waals surface area contributed by atoms with E-state index in [0.717, 1.165) is 50.8 Å². The maximum atomic E-state index is 12.4. The molecule has 0 aliphatic heterocycles. The van der Waals surface area contributed by atoms with Gasteiger partial charge in [-0.25, -0.2) is 0 Å². The summed E-state index contributed by atoms with van der Waals surface area (Å²) in [7, 11) is 4.30. The van der Waals surface area contributed by atoms with Gasteiger partial charge in [0.2, 0.25) is 5.91 Å². The highest BCUT2D eigenvalue weighted by atomic mass is 16.2. The molecule has 1 aliphatic rings. The van der Waals surface area contributed by atoms with Crippen molar-refractivity contribution in [2.75, 3.05) is 20.6 Å². The number of carbonyl (C=O) groups is 1. The van der Waals surface area contributed by atoms with Crippen LogP contribution < -0.4 is 0 Å². The fraction of sp³-hybridized carbons (Fsp3) is 0.500. The molecule has 4 heteroatoms. The molecule has 1 amide bonds. The molecule has 1 aromatic carbocycles. The van der Waals surface area contributed by atoms with Crippen molar-refractivity contribution in [3.63, 3.8) is 0 Å². The Hall–Kier alpha value is -2.20. The molecule has 28 heavy (non-hydrogen) atoms. The minimum absolute atomic E-state index is 0.0236. The lowest BCUT2D eigenvalue weighted by Crippen LogP contribution is -2.50. The molecule has 1 fully saturated rings. The van der Waals surface area contributed by atoms with Crippen molar-refractivity contribution < 1.29 is 4.79 Å². The first-order chi connectivity index (χ1) is 13.5. The fourth-order valence-electron chi connectivity index (χ4n) is 4.66. The molecule has 0 radical (unpaired) electrons. The first kappa shape index (κ1) is 20.5. The van der Waals surface area contributed by atoms with Gasteiger partial charge in [0.1, 0.15) is 0 Å². The van der Waals surface area contributed by atoms with E-state index in [-0.39, 0.29) is 11.4 Å². The number of pyridine rings is 1. The Labute approximate surface area is 169 Å². The Kier molecular flexibility index (Phi) is 6.84. The predicted molar refractivity (Wildman–Crippen MR) is 114 cm³/mol. The van der Waals surface area contributed by atoms with Gasteiger partial charge < -0.3 is 4.90 Å². The Morgan fingerprint density at radius 3 is 2.32 bits per heavy atom. The van der Waals surface area contributed by atoms with Crippen molar-refractivity contribution in [3.8, 4) is 0 Å². The van der Waals surface area contributed by atoms with Crippen LogP contribution in [0, 0.1) is 0 Å². The molecular weight excluding hydrogens is 346 g/mol. The molecule has 0 N–H and O–H groups in total. The summed E-state index contributed by atoms with van der Waals surface area (Å²) in [6.45, 7) is 2.56. The number of carbonyl (C=O) groups excluding carboxylic acids is 1. The maximum Gasteiger partial charge on any atom is 0.219 e. The highest BCUT2D eigenvalue weighted by Crippen LogP contribution is 2.41. The minimum atomic E-state index is -0.0236. The van der Waals surface area contributed by atoms with E-state index in [2.05, 4.69) is 65.3 Å². The van der Waals surface area contributed by atoms with E-state index < -0.39 is 0 Å². The lowest BCUT2D eigenvalue weighted by molar-refractivity contribution is -0.132. The van der Waals surface area contributed by atoms with Crippen molar-refractivity contribution in [3.05, 3.63) is 66.0 Å². The number of hydrogen-bond acceptors (Lipinski definition) is 3. The zero-order valence-corrected chi connectivity index (χ0v) is 17.5. The average Bonchev–Trinajstić information content (AvgIpc) is 2.72. The van der Waals surface area contributed by atoms with Gasteiger partial charge in [0.05, 0.1) is 11.2 Å². The molecule has 1 heterocycles. The quantitative estimate of drug-likeness (QED) is 0.721. The van der Waals surface area contributed by atoms with Gasteiger partial charge in [-0.2, -0.15) is 0 Å². The smallest absolute Gasteiger partial charge is 0.219 e. The molecule has 0 saturated heterocycles. The Morgan fingerprint density at radius 1 is 1.07 bits per heavy atom. The van der Waals surface area contributed by atoms with E-state index in [0.29, 0.717) is 6.04 Å². The Balaban J connectivity index is 1.62. The zero-order chi connectivity index (χ0) is 20.0. The second-order valence-corrected chi connectivity index (χ2v) is 8.17. The van der Waals surface area contributed by atoms with Gasteiger partial charge >= 0.3 is 0 Å². The monoisotopic (exact) mass is 379 g/mol. The number of aryl methyl sites for hydroxylation is 1. The standard InChI is InChI=1S/C24H33N3O/c1-20(28)27(19-9-12-21-10-5-4-6-11-21)22-14-16-24(17-15-22,26(2)3)23-13-7-8-18-25-23/h4-8,10-11,13,18,22H,9,12,14-17,19H2,1-3H3. The normalized spacial score (nSPS) is 22.2. The topological polar surface area (TPSA) is 36.4 Å². The van der Waals surface area contributed by atoms with Crippen molar-refractivity contribution in [1.29, 1.82) is 0 Å². The summed E-state index contributed by atoms with van der Waals surface area (Å²) in [4.78, 5) is 21.4. The first-order valence-corrected chi connectivity index (χ1v) is 10.4. The SMILES string of the molecule is CC(=O)N(CCCc1ccccc1)C1CCC(c2ccccn2)(N(C)C)CC1. The van der Waals surface area contributed by atoms with Crippen molar-refractivity contribution in [2.45, 2.75) is 57.0 Å². The van der Waals surface area contributed by atoms with E-state index in [1.54, 1.807) is 6.92 Å². The second-order valence-electron chi connectivity index (χ2n) is 8.17. The van der Waals surface area contributed by atoms with Crippen LogP contribution in [0.3, 0.4) is 0 Å². The molecule has 4 nitrogen and oxygen atoms in total. The third-order valence-electron chi connectivity index (χ3n) is 6.33. The van der Waals surface area contributed by atoms with Gasteiger partial charge in [-0.15, -0.1) is 0 Å². The number of amides is 1.